The second-order valence-corrected chi connectivity index (χ2v) is 5.87. The zero-order chi connectivity index (χ0) is 17.9. The van der Waals surface area contributed by atoms with Crippen LogP contribution in [0.3, 0.4) is 0 Å². The van der Waals surface area contributed by atoms with Gasteiger partial charge in [0.15, 0.2) is 0 Å². The molecule has 0 aliphatic carbocycles. The summed E-state index contributed by atoms with van der Waals surface area (Å²) in [4.78, 5) is 25.7. The third-order valence-electron chi connectivity index (χ3n) is 4.13. The van der Waals surface area contributed by atoms with E-state index in [0.29, 0.717) is 11.4 Å². The van der Waals surface area contributed by atoms with Crippen molar-refractivity contribution in [2.45, 2.75) is 13.0 Å². The molecule has 1 unspecified atom stereocenters. The molecule has 26 heavy (non-hydrogen) atoms. The first-order valence-corrected chi connectivity index (χ1v) is 8.18. The summed E-state index contributed by atoms with van der Waals surface area (Å²) in [6, 6.07) is 12.9. The molecule has 1 amide bonds. The van der Waals surface area contributed by atoms with Gasteiger partial charge in [-0.15, -0.1) is 0 Å². The number of aromatic amines is 1. The average Bonchev–Trinajstić information content (AvgIpc) is 3.23. The normalized spacial score (nSPS) is 12.0. The van der Waals surface area contributed by atoms with Crippen LogP contribution in [0.1, 0.15) is 29.1 Å². The molecule has 0 aliphatic heterocycles. The number of nitrogens with one attached hydrogen (secondary N) is 2. The molecule has 7 nitrogen and oxygen atoms in total. The van der Waals surface area contributed by atoms with Gasteiger partial charge in [-0.1, -0.05) is 18.2 Å². The van der Waals surface area contributed by atoms with Gasteiger partial charge in [0.25, 0.3) is 5.91 Å². The van der Waals surface area contributed by atoms with Crippen molar-refractivity contribution >= 4 is 16.8 Å². The summed E-state index contributed by atoms with van der Waals surface area (Å²) >= 11 is 0. The smallest absolute Gasteiger partial charge is 0.252 e. The van der Waals surface area contributed by atoms with Gasteiger partial charge in [0, 0.05) is 23.3 Å². The molecule has 2 N–H and O–H groups in total. The lowest BCUT2D eigenvalue weighted by molar-refractivity contribution is 0.0940. The Labute approximate surface area is 149 Å². The van der Waals surface area contributed by atoms with Crippen molar-refractivity contribution in [2.24, 2.45) is 0 Å². The van der Waals surface area contributed by atoms with Crippen LogP contribution in [0.4, 0.5) is 0 Å². The Hall–Kier alpha value is -3.61. The number of para-hydroxylation sites is 1. The molecule has 1 aromatic carbocycles. The van der Waals surface area contributed by atoms with E-state index in [-0.39, 0.29) is 11.9 Å². The van der Waals surface area contributed by atoms with Gasteiger partial charge in [0.2, 0.25) is 0 Å². The lowest BCUT2D eigenvalue weighted by Gasteiger charge is -2.14. The molecule has 0 radical (unpaired) electrons. The van der Waals surface area contributed by atoms with Gasteiger partial charge >= 0.3 is 0 Å². The van der Waals surface area contributed by atoms with E-state index in [1.54, 1.807) is 18.5 Å². The van der Waals surface area contributed by atoms with Gasteiger partial charge in [0.05, 0.1) is 22.8 Å². The molecular formula is C19H16N6O. The number of hydrogen-bond acceptors (Lipinski definition) is 5. The predicted molar refractivity (Wildman–Crippen MR) is 97.2 cm³/mol. The number of fused-ring (bicyclic) bond motifs is 1. The molecule has 4 aromatic rings. The van der Waals surface area contributed by atoms with Gasteiger partial charge in [-0.25, -0.2) is 9.97 Å². The van der Waals surface area contributed by atoms with Gasteiger partial charge in [-0.2, -0.15) is 5.10 Å². The van der Waals surface area contributed by atoms with Crippen LogP contribution >= 0.6 is 0 Å². The molecule has 0 fully saturated rings. The predicted octanol–water partition coefficient (Wildman–Crippen LogP) is 2.91. The Bertz CT molecular complexity index is 1050. The first-order valence-electron chi connectivity index (χ1n) is 8.18. The monoisotopic (exact) mass is 344 g/mol. The SMILES string of the molecule is CC(NC(=O)c1cc(-c2ccncc2)nc2ccccc12)c1ncn[nH]1. The lowest BCUT2D eigenvalue weighted by Crippen LogP contribution is -2.27. The molecule has 3 heterocycles. The van der Waals surface area contributed by atoms with E-state index >= 15 is 0 Å². The third-order valence-corrected chi connectivity index (χ3v) is 4.13. The van der Waals surface area contributed by atoms with Crippen LogP contribution in [0, 0.1) is 0 Å². The van der Waals surface area contributed by atoms with E-state index in [0.717, 1.165) is 22.2 Å². The third kappa shape index (κ3) is 3.02. The number of aromatic nitrogens is 5. The fourth-order valence-electron chi connectivity index (χ4n) is 2.80. The van der Waals surface area contributed by atoms with Crippen LogP contribution < -0.4 is 5.32 Å². The van der Waals surface area contributed by atoms with Crippen molar-refractivity contribution in [3.05, 3.63) is 72.6 Å². The first kappa shape index (κ1) is 15.9. The molecule has 1 atom stereocenters. The Kier molecular flexibility index (Phi) is 4.10. The van der Waals surface area contributed by atoms with Crippen molar-refractivity contribution in [1.29, 1.82) is 0 Å². The Morgan fingerprint density at radius 1 is 1.15 bits per heavy atom. The maximum atomic E-state index is 12.9. The number of carbonyl (C=O) groups is 1. The van der Waals surface area contributed by atoms with Gasteiger partial charge in [0.1, 0.15) is 12.2 Å². The summed E-state index contributed by atoms with van der Waals surface area (Å²) in [5.74, 6) is 0.411. The van der Waals surface area contributed by atoms with Crippen LogP contribution in [0.25, 0.3) is 22.2 Å². The molecule has 0 bridgehead atoms. The number of benzene rings is 1. The lowest BCUT2D eigenvalue weighted by atomic mass is 10.0. The van der Waals surface area contributed by atoms with Crippen molar-refractivity contribution in [1.82, 2.24) is 30.5 Å². The molecule has 0 saturated heterocycles. The number of amides is 1. The Morgan fingerprint density at radius 2 is 1.96 bits per heavy atom. The minimum atomic E-state index is -0.290. The maximum Gasteiger partial charge on any atom is 0.252 e. The molecular weight excluding hydrogens is 328 g/mol. The molecule has 7 heteroatoms. The van der Waals surface area contributed by atoms with Gasteiger partial charge in [-0.3, -0.25) is 14.9 Å². The summed E-state index contributed by atoms with van der Waals surface area (Å²) in [5.41, 5.74) is 2.96. The highest BCUT2D eigenvalue weighted by Crippen LogP contribution is 2.25. The second kappa shape index (κ2) is 6.72. The quantitative estimate of drug-likeness (QED) is 0.593. The minimum Gasteiger partial charge on any atom is -0.342 e. The average molecular weight is 344 g/mol. The molecule has 0 aliphatic rings. The van der Waals surface area contributed by atoms with E-state index in [1.165, 1.54) is 6.33 Å². The van der Waals surface area contributed by atoms with E-state index in [4.69, 9.17) is 0 Å². The van der Waals surface area contributed by atoms with Crippen molar-refractivity contribution in [3.63, 3.8) is 0 Å². The number of H-pyrrole nitrogens is 1. The van der Waals surface area contributed by atoms with Gasteiger partial charge in [-0.05, 0) is 31.2 Å². The van der Waals surface area contributed by atoms with E-state index < -0.39 is 0 Å². The summed E-state index contributed by atoms with van der Waals surface area (Å²) in [6.07, 6.45) is 4.83. The molecule has 0 spiro atoms. The van der Waals surface area contributed by atoms with Crippen molar-refractivity contribution in [2.75, 3.05) is 0 Å². The largest absolute Gasteiger partial charge is 0.342 e. The first-order chi connectivity index (χ1) is 12.7. The van der Waals surface area contributed by atoms with Crippen LogP contribution in [0.15, 0.2) is 61.2 Å². The fourth-order valence-corrected chi connectivity index (χ4v) is 2.80. The van der Waals surface area contributed by atoms with Crippen LogP contribution in [-0.4, -0.2) is 31.1 Å². The van der Waals surface area contributed by atoms with Crippen LogP contribution in [0.2, 0.25) is 0 Å². The Morgan fingerprint density at radius 3 is 2.73 bits per heavy atom. The van der Waals surface area contributed by atoms with Gasteiger partial charge < -0.3 is 5.32 Å². The molecule has 0 saturated carbocycles. The van der Waals surface area contributed by atoms with E-state index in [1.807, 2.05) is 43.3 Å². The standard InChI is InChI=1S/C19H16N6O/c1-12(18-21-11-22-25-18)23-19(26)15-10-17(13-6-8-20-9-7-13)24-16-5-3-2-4-14(15)16/h2-12H,1H3,(H,23,26)(H,21,22,25). The molecule has 3 aromatic heterocycles. The summed E-state index contributed by atoms with van der Waals surface area (Å²) in [5, 5.41) is 10.4. The minimum absolute atomic E-state index is 0.192. The summed E-state index contributed by atoms with van der Waals surface area (Å²) in [7, 11) is 0. The number of nitrogens with zero attached hydrogens (tertiary/aromatic N) is 4. The number of rotatable bonds is 4. The molecule has 128 valence electrons. The highest BCUT2D eigenvalue weighted by Gasteiger charge is 2.17. The van der Waals surface area contributed by atoms with E-state index in [9.17, 15) is 4.79 Å². The zero-order valence-corrected chi connectivity index (χ0v) is 14.0. The molecule has 4 rings (SSSR count). The maximum absolute atomic E-state index is 12.9. The van der Waals surface area contributed by atoms with Crippen LogP contribution in [-0.2, 0) is 0 Å². The number of hydrogen-bond donors (Lipinski definition) is 2. The highest BCUT2D eigenvalue weighted by atomic mass is 16.1. The Balaban J connectivity index is 1.76. The number of pyridine rings is 2. The van der Waals surface area contributed by atoms with E-state index in [2.05, 4.69) is 30.5 Å². The van der Waals surface area contributed by atoms with Crippen molar-refractivity contribution in [3.8, 4) is 11.3 Å². The number of carbonyl (C=O) groups excluding carboxylic acids is 1. The highest BCUT2D eigenvalue weighted by molar-refractivity contribution is 6.07. The fraction of sp³-hybridized carbons (Fsp3) is 0.105. The summed E-state index contributed by atoms with van der Waals surface area (Å²) in [6.45, 7) is 1.85. The second-order valence-electron chi connectivity index (χ2n) is 5.87. The zero-order valence-electron chi connectivity index (χ0n) is 14.0. The summed E-state index contributed by atoms with van der Waals surface area (Å²) < 4.78 is 0. The van der Waals surface area contributed by atoms with Crippen molar-refractivity contribution < 1.29 is 4.79 Å². The topological polar surface area (TPSA) is 96.5 Å². The van der Waals surface area contributed by atoms with Crippen LogP contribution in [0.5, 0.6) is 0 Å².